The average Bonchev–Trinajstić information content (AvgIpc) is 2.97. The molecule has 150 valence electrons. The van der Waals surface area contributed by atoms with E-state index in [-0.39, 0.29) is 11.1 Å². The highest BCUT2D eigenvalue weighted by atomic mass is 31.0. The molecule has 0 bridgehead atoms. The fourth-order valence-electron chi connectivity index (χ4n) is 3.13. The largest absolute Gasteiger partial charge is 0.441 e. The molecule has 0 fully saturated rings. The van der Waals surface area contributed by atoms with Crippen LogP contribution in [0.4, 0.5) is 0 Å². The van der Waals surface area contributed by atoms with Crippen LogP contribution in [0, 0.1) is 6.92 Å². The second-order valence-corrected chi connectivity index (χ2v) is 14.4. The monoisotopic (exact) mass is 413 g/mol. The molecule has 0 saturated heterocycles. The molecule has 0 amide bonds. The third-order valence-corrected chi connectivity index (χ3v) is 10.9. The van der Waals surface area contributed by atoms with Crippen LogP contribution in [0.2, 0.25) is 18.1 Å². The van der Waals surface area contributed by atoms with Crippen LogP contribution in [-0.2, 0) is 10.8 Å². The Hall–Kier alpha value is -1.48. The minimum atomic E-state index is -1.91. The van der Waals surface area contributed by atoms with E-state index in [1.807, 2.05) is 13.0 Å². The van der Waals surface area contributed by atoms with E-state index in [0.29, 0.717) is 5.89 Å². The van der Waals surface area contributed by atoms with Gasteiger partial charge in [0.05, 0.1) is 6.10 Å². The van der Waals surface area contributed by atoms with Crippen molar-refractivity contribution in [1.29, 1.82) is 0 Å². The third-order valence-electron chi connectivity index (χ3n) is 5.86. The molecule has 2 aromatic carbocycles. The standard InChI is InChI=1S/C23H32NO2PSi/c1-16-24-19-15-18(12-14-21(19)25-16)20(26-28(5,6)23(2,3)4)13-11-17-9-7-8-10-22(17)27/h7-10,12,14-15,20H,11,13,27H2,1-6H3. The SMILES string of the molecule is Cc1nc2cc(C(CCc3ccccc3P)O[Si](C)(C)C(C)(C)C)ccc2o1. The average molecular weight is 414 g/mol. The lowest BCUT2D eigenvalue weighted by Gasteiger charge is -2.39. The van der Waals surface area contributed by atoms with Crippen molar-refractivity contribution in [2.75, 3.05) is 0 Å². The highest BCUT2D eigenvalue weighted by molar-refractivity contribution is 7.27. The summed E-state index contributed by atoms with van der Waals surface area (Å²) in [5.74, 6) is 0.700. The fraction of sp³-hybridized carbons (Fsp3) is 0.435. The number of nitrogens with zero attached hydrogens (tertiary/aromatic N) is 1. The maximum absolute atomic E-state index is 6.88. The first-order valence-electron chi connectivity index (χ1n) is 9.95. The van der Waals surface area contributed by atoms with Crippen LogP contribution in [0.1, 0.15) is 50.3 Å². The lowest BCUT2D eigenvalue weighted by molar-refractivity contribution is 0.174. The highest BCUT2D eigenvalue weighted by Crippen LogP contribution is 2.41. The van der Waals surface area contributed by atoms with Crippen molar-refractivity contribution in [1.82, 2.24) is 4.98 Å². The zero-order chi connectivity index (χ0) is 20.5. The van der Waals surface area contributed by atoms with Crippen molar-refractivity contribution in [3.8, 4) is 0 Å². The van der Waals surface area contributed by atoms with Gasteiger partial charge < -0.3 is 8.84 Å². The Morgan fingerprint density at radius 1 is 1.14 bits per heavy atom. The minimum Gasteiger partial charge on any atom is -0.441 e. The van der Waals surface area contributed by atoms with Gasteiger partial charge in [0.2, 0.25) is 0 Å². The molecular formula is C23H32NO2PSi. The van der Waals surface area contributed by atoms with E-state index < -0.39 is 8.32 Å². The number of rotatable bonds is 6. The predicted octanol–water partition coefficient (Wildman–Crippen LogP) is 6.33. The summed E-state index contributed by atoms with van der Waals surface area (Å²) in [5.41, 5.74) is 4.29. The summed E-state index contributed by atoms with van der Waals surface area (Å²) in [4.78, 5) is 4.52. The summed E-state index contributed by atoms with van der Waals surface area (Å²) in [5, 5.41) is 1.43. The molecule has 1 aromatic heterocycles. The molecule has 3 aromatic rings. The zero-order valence-electron chi connectivity index (χ0n) is 17.9. The first kappa shape index (κ1) is 21.2. The van der Waals surface area contributed by atoms with Gasteiger partial charge >= 0.3 is 0 Å². The second-order valence-electron chi connectivity index (χ2n) is 9.06. The highest BCUT2D eigenvalue weighted by Gasteiger charge is 2.39. The van der Waals surface area contributed by atoms with Crippen LogP contribution in [-0.4, -0.2) is 13.3 Å². The number of benzene rings is 2. The normalized spacial score (nSPS) is 13.8. The maximum Gasteiger partial charge on any atom is 0.192 e. The van der Waals surface area contributed by atoms with Gasteiger partial charge in [0.1, 0.15) is 5.52 Å². The van der Waals surface area contributed by atoms with Crippen LogP contribution in [0.15, 0.2) is 46.9 Å². The van der Waals surface area contributed by atoms with Gasteiger partial charge in [-0.1, -0.05) is 51.1 Å². The van der Waals surface area contributed by atoms with E-state index in [2.05, 4.69) is 84.5 Å². The summed E-state index contributed by atoms with van der Waals surface area (Å²) < 4.78 is 12.5. The molecule has 0 aliphatic carbocycles. The number of hydrogen-bond acceptors (Lipinski definition) is 3. The Balaban J connectivity index is 1.91. The van der Waals surface area contributed by atoms with E-state index >= 15 is 0 Å². The fourth-order valence-corrected chi connectivity index (χ4v) is 4.80. The smallest absolute Gasteiger partial charge is 0.192 e. The van der Waals surface area contributed by atoms with Gasteiger partial charge in [-0.3, -0.25) is 0 Å². The lowest BCUT2D eigenvalue weighted by atomic mass is 10.0. The summed E-state index contributed by atoms with van der Waals surface area (Å²) in [6, 6.07) is 14.8. The minimum absolute atomic E-state index is 0.0481. The Morgan fingerprint density at radius 3 is 2.54 bits per heavy atom. The number of oxazole rings is 1. The summed E-state index contributed by atoms with van der Waals surface area (Å²) in [6.07, 6.45) is 1.97. The van der Waals surface area contributed by atoms with Crippen molar-refractivity contribution >= 4 is 34.0 Å². The first-order chi connectivity index (χ1) is 13.1. The molecule has 0 spiro atoms. The van der Waals surface area contributed by atoms with E-state index in [0.717, 1.165) is 23.9 Å². The maximum atomic E-state index is 6.88. The molecule has 28 heavy (non-hydrogen) atoms. The summed E-state index contributed by atoms with van der Waals surface area (Å²) in [6.45, 7) is 13.4. The molecule has 2 unspecified atom stereocenters. The third kappa shape index (κ3) is 4.73. The second kappa shape index (κ2) is 8.10. The van der Waals surface area contributed by atoms with Gasteiger partial charge in [-0.25, -0.2) is 4.98 Å². The molecule has 0 aliphatic rings. The van der Waals surface area contributed by atoms with Crippen LogP contribution in [0.5, 0.6) is 0 Å². The molecule has 0 saturated carbocycles. The number of aromatic nitrogens is 1. The number of aryl methyl sites for hydroxylation is 2. The quantitative estimate of drug-likeness (QED) is 0.350. The molecule has 0 aliphatic heterocycles. The van der Waals surface area contributed by atoms with Gasteiger partial charge in [-0.15, -0.1) is 9.24 Å². The van der Waals surface area contributed by atoms with E-state index in [4.69, 9.17) is 8.84 Å². The number of hydrogen-bond donors (Lipinski definition) is 0. The van der Waals surface area contributed by atoms with Gasteiger partial charge in [0.25, 0.3) is 0 Å². The van der Waals surface area contributed by atoms with Crippen molar-refractivity contribution < 1.29 is 8.84 Å². The van der Waals surface area contributed by atoms with Gasteiger partial charge in [-0.05, 0) is 59.5 Å². The van der Waals surface area contributed by atoms with E-state index in [9.17, 15) is 0 Å². The van der Waals surface area contributed by atoms with Crippen LogP contribution in [0.3, 0.4) is 0 Å². The molecule has 2 atom stereocenters. The van der Waals surface area contributed by atoms with Crippen LogP contribution < -0.4 is 5.30 Å². The van der Waals surface area contributed by atoms with Crippen molar-refractivity contribution in [2.45, 2.75) is 64.8 Å². The Bertz CT molecular complexity index is 959. The molecule has 5 heteroatoms. The lowest BCUT2D eigenvalue weighted by Crippen LogP contribution is -2.42. The topological polar surface area (TPSA) is 35.3 Å². The molecule has 3 rings (SSSR count). The summed E-state index contributed by atoms with van der Waals surface area (Å²) in [7, 11) is 0.933. The van der Waals surface area contributed by atoms with Crippen molar-refractivity contribution in [3.05, 3.63) is 59.5 Å². The molecular weight excluding hydrogens is 381 g/mol. The zero-order valence-corrected chi connectivity index (χ0v) is 20.0. The molecule has 1 heterocycles. The van der Waals surface area contributed by atoms with E-state index in [1.165, 1.54) is 16.4 Å². The summed E-state index contributed by atoms with van der Waals surface area (Å²) >= 11 is 0. The van der Waals surface area contributed by atoms with Gasteiger partial charge in [-0.2, -0.15) is 0 Å². The Kier molecular flexibility index (Phi) is 6.14. The van der Waals surface area contributed by atoms with Crippen molar-refractivity contribution in [3.63, 3.8) is 0 Å². The predicted molar refractivity (Wildman–Crippen MR) is 124 cm³/mol. The van der Waals surface area contributed by atoms with Crippen LogP contribution >= 0.6 is 9.24 Å². The van der Waals surface area contributed by atoms with E-state index in [1.54, 1.807) is 0 Å². The first-order valence-corrected chi connectivity index (χ1v) is 13.4. The molecule has 0 N–H and O–H groups in total. The van der Waals surface area contributed by atoms with Crippen molar-refractivity contribution in [2.24, 2.45) is 0 Å². The van der Waals surface area contributed by atoms with Gasteiger partial charge in [0, 0.05) is 6.92 Å². The number of fused-ring (bicyclic) bond motifs is 1. The van der Waals surface area contributed by atoms with Crippen LogP contribution in [0.25, 0.3) is 11.1 Å². The Morgan fingerprint density at radius 2 is 1.86 bits per heavy atom. The molecule has 0 radical (unpaired) electrons. The molecule has 3 nitrogen and oxygen atoms in total. The Labute approximate surface area is 172 Å². The van der Waals surface area contributed by atoms with Gasteiger partial charge in [0.15, 0.2) is 19.8 Å².